The van der Waals surface area contributed by atoms with Crippen LogP contribution in [0.1, 0.15) is 66.4 Å². The largest absolute Gasteiger partial charge is 0.504 e. The molecule has 124 valence electrons. The molecule has 0 saturated heterocycles. The van der Waals surface area contributed by atoms with Gasteiger partial charge in [-0.2, -0.15) is 0 Å². The molecule has 0 heterocycles. The number of aliphatic hydroxyl groups excluding tert-OH is 1. The second-order valence-electron chi connectivity index (χ2n) is 7.90. The molecule has 0 unspecified atom stereocenters. The lowest BCUT2D eigenvalue weighted by Crippen LogP contribution is -2.44. The van der Waals surface area contributed by atoms with Crippen LogP contribution in [0.4, 0.5) is 0 Å². The minimum atomic E-state index is -0.214. The van der Waals surface area contributed by atoms with E-state index in [1.165, 1.54) is 6.07 Å². The number of aliphatic hydroxyl groups is 1. The second-order valence-corrected chi connectivity index (χ2v) is 7.90. The number of phenolic OH excluding ortho intramolecular Hbond substituents is 2. The fourth-order valence-electron chi connectivity index (χ4n) is 5.87. The summed E-state index contributed by atoms with van der Waals surface area (Å²) < 4.78 is 0. The van der Waals surface area contributed by atoms with E-state index in [2.05, 4.69) is 6.92 Å². The average molecular weight is 316 g/mol. The Bertz CT molecular complexity index is 668. The van der Waals surface area contributed by atoms with Crippen LogP contribution >= 0.6 is 0 Å². The van der Waals surface area contributed by atoms with Crippen LogP contribution in [-0.4, -0.2) is 27.7 Å². The molecule has 0 amide bonds. The summed E-state index contributed by atoms with van der Waals surface area (Å²) in [4.78, 5) is 11.5. The molecule has 0 bridgehead atoms. The molecule has 0 aromatic heterocycles. The van der Waals surface area contributed by atoms with E-state index in [4.69, 9.17) is 0 Å². The molecule has 0 spiro atoms. The maximum atomic E-state index is 11.5. The zero-order valence-electron chi connectivity index (χ0n) is 13.5. The zero-order valence-corrected chi connectivity index (χ0v) is 13.5. The van der Waals surface area contributed by atoms with Gasteiger partial charge in [0, 0.05) is 11.1 Å². The maximum Gasteiger partial charge on any atom is 0.161 e. The average Bonchev–Trinajstić information content (AvgIpc) is 2.85. The molecule has 1 aromatic carbocycles. The highest BCUT2D eigenvalue weighted by molar-refractivity contribution is 5.81. The van der Waals surface area contributed by atoms with Crippen LogP contribution in [-0.2, 0) is 6.42 Å². The van der Waals surface area contributed by atoms with Gasteiger partial charge in [-0.3, -0.25) is 4.79 Å². The van der Waals surface area contributed by atoms with Gasteiger partial charge in [0.25, 0.3) is 0 Å². The van der Waals surface area contributed by atoms with Crippen molar-refractivity contribution in [2.24, 2.45) is 17.3 Å². The monoisotopic (exact) mass is 316 g/mol. The molecule has 0 aliphatic heterocycles. The van der Waals surface area contributed by atoms with E-state index in [9.17, 15) is 20.1 Å². The van der Waals surface area contributed by atoms with Crippen LogP contribution in [0.5, 0.6) is 11.5 Å². The van der Waals surface area contributed by atoms with Crippen molar-refractivity contribution in [1.82, 2.24) is 0 Å². The minimum absolute atomic E-state index is 0.00102. The van der Waals surface area contributed by atoms with E-state index in [1.807, 2.05) is 0 Å². The molecule has 4 heteroatoms. The van der Waals surface area contributed by atoms with Gasteiger partial charge in [0.2, 0.25) is 0 Å². The molecular weight excluding hydrogens is 292 g/mol. The van der Waals surface area contributed by atoms with Crippen molar-refractivity contribution in [2.75, 3.05) is 0 Å². The van der Waals surface area contributed by atoms with Crippen molar-refractivity contribution in [2.45, 2.75) is 57.5 Å². The second kappa shape index (κ2) is 4.97. The number of fused-ring (bicyclic) bond motifs is 5. The summed E-state index contributed by atoms with van der Waals surface area (Å²) in [5.74, 6) is 0.958. The number of benzene rings is 1. The standard InChI is InChI=1S/C19H24O4/c1-19-7-6-12-11(14(19)4-5-16(19)22)2-3-13-17(12)10(9-20)8-15(21)18(13)23/h8-9,11-12,14,16,21-23H,2-7H2,1H3/t11-,12+,14+,16+,19+/m1/s1. The van der Waals surface area contributed by atoms with E-state index < -0.39 is 0 Å². The predicted octanol–water partition coefficient (Wildman–Crippen LogP) is 3.13. The zero-order chi connectivity index (χ0) is 16.4. The molecule has 3 aliphatic carbocycles. The topological polar surface area (TPSA) is 77.8 Å². The van der Waals surface area contributed by atoms with E-state index in [1.54, 1.807) is 0 Å². The maximum absolute atomic E-state index is 11.5. The summed E-state index contributed by atoms with van der Waals surface area (Å²) in [5.41, 5.74) is 2.23. The van der Waals surface area contributed by atoms with E-state index in [-0.39, 0.29) is 28.9 Å². The van der Waals surface area contributed by atoms with Crippen LogP contribution in [0, 0.1) is 17.3 Å². The summed E-state index contributed by atoms with van der Waals surface area (Å²) >= 11 is 0. The van der Waals surface area contributed by atoms with Gasteiger partial charge in [-0.25, -0.2) is 0 Å². The van der Waals surface area contributed by atoms with Gasteiger partial charge >= 0.3 is 0 Å². The van der Waals surface area contributed by atoms with Crippen LogP contribution in [0.15, 0.2) is 6.07 Å². The first-order valence-corrected chi connectivity index (χ1v) is 8.68. The van der Waals surface area contributed by atoms with E-state index in [0.717, 1.165) is 49.5 Å². The van der Waals surface area contributed by atoms with Gasteiger partial charge in [-0.05, 0) is 73.3 Å². The van der Waals surface area contributed by atoms with Crippen LogP contribution in [0.2, 0.25) is 0 Å². The molecule has 2 fully saturated rings. The molecular formula is C19H24O4. The third-order valence-electron chi connectivity index (χ3n) is 7.07. The number of hydrogen-bond donors (Lipinski definition) is 3. The first kappa shape index (κ1) is 15.0. The van der Waals surface area contributed by atoms with Gasteiger partial charge in [0.05, 0.1) is 6.10 Å². The lowest BCUT2D eigenvalue weighted by molar-refractivity contribution is -0.0228. The Kier molecular flexibility index (Phi) is 3.24. The number of phenols is 2. The Morgan fingerprint density at radius 3 is 2.74 bits per heavy atom. The summed E-state index contributed by atoms with van der Waals surface area (Å²) in [7, 11) is 0. The van der Waals surface area contributed by atoms with Crippen LogP contribution in [0.3, 0.4) is 0 Å². The number of rotatable bonds is 1. The summed E-state index contributed by atoms with van der Waals surface area (Å²) in [5, 5.41) is 30.5. The number of aldehydes is 1. The molecule has 2 saturated carbocycles. The molecule has 23 heavy (non-hydrogen) atoms. The van der Waals surface area contributed by atoms with Crippen molar-refractivity contribution in [1.29, 1.82) is 0 Å². The third kappa shape index (κ3) is 1.90. The number of aromatic hydroxyl groups is 2. The first-order valence-electron chi connectivity index (χ1n) is 8.68. The SMILES string of the molecule is C[C@]12CC[C@@H]3c4c(C=O)cc(O)c(O)c4CC[C@H]3[C@@H]1CC[C@@H]2O. The smallest absolute Gasteiger partial charge is 0.161 e. The molecule has 0 radical (unpaired) electrons. The Labute approximate surface area is 136 Å². The van der Waals surface area contributed by atoms with Gasteiger partial charge in [0.1, 0.15) is 6.29 Å². The third-order valence-corrected chi connectivity index (χ3v) is 7.07. The van der Waals surface area contributed by atoms with Crippen molar-refractivity contribution in [3.8, 4) is 11.5 Å². The van der Waals surface area contributed by atoms with Gasteiger partial charge in [-0.15, -0.1) is 0 Å². The number of carbonyl (C=O) groups excluding carboxylic acids is 1. The fourth-order valence-corrected chi connectivity index (χ4v) is 5.87. The highest BCUT2D eigenvalue weighted by atomic mass is 16.3. The summed E-state index contributed by atoms with van der Waals surface area (Å²) in [6.07, 6.45) is 6.06. The molecule has 5 atom stereocenters. The Morgan fingerprint density at radius 2 is 2.00 bits per heavy atom. The Morgan fingerprint density at radius 1 is 1.22 bits per heavy atom. The predicted molar refractivity (Wildman–Crippen MR) is 85.8 cm³/mol. The fraction of sp³-hybridized carbons (Fsp3) is 0.632. The van der Waals surface area contributed by atoms with E-state index in [0.29, 0.717) is 23.8 Å². The molecule has 3 N–H and O–H groups in total. The lowest BCUT2D eigenvalue weighted by Gasteiger charge is -2.50. The van der Waals surface area contributed by atoms with Crippen molar-refractivity contribution < 1.29 is 20.1 Å². The van der Waals surface area contributed by atoms with Crippen LogP contribution in [0.25, 0.3) is 0 Å². The minimum Gasteiger partial charge on any atom is -0.504 e. The highest BCUT2D eigenvalue weighted by Gasteiger charge is 2.54. The molecule has 4 nitrogen and oxygen atoms in total. The van der Waals surface area contributed by atoms with Crippen molar-refractivity contribution in [3.05, 3.63) is 22.8 Å². The summed E-state index contributed by atoms with van der Waals surface area (Å²) in [6, 6.07) is 1.40. The van der Waals surface area contributed by atoms with Gasteiger partial charge in [-0.1, -0.05) is 6.92 Å². The highest BCUT2D eigenvalue weighted by Crippen LogP contribution is 2.62. The summed E-state index contributed by atoms with van der Waals surface area (Å²) in [6.45, 7) is 2.22. The normalized spacial score (nSPS) is 38.5. The van der Waals surface area contributed by atoms with E-state index >= 15 is 0 Å². The first-order chi connectivity index (χ1) is 11.0. The van der Waals surface area contributed by atoms with Crippen LogP contribution < -0.4 is 0 Å². The molecule has 3 aliphatic rings. The van der Waals surface area contributed by atoms with Gasteiger partial charge < -0.3 is 15.3 Å². The van der Waals surface area contributed by atoms with Crippen molar-refractivity contribution >= 4 is 6.29 Å². The Balaban J connectivity index is 1.81. The Hall–Kier alpha value is -1.55. The lowest BCUT2D eigenvalue weighted by atomic mass is 9.55. The number of carbonyl (C=O) groups is 1. The molecule has 4 rings (SSSR count). The quantitative estimate of drug-likeness (QED) is 0.549. The van der Waals surface area contributed by atoms with Crippen molar-refractivity contribution in [3.63, 3.8) is 0 Å². The number of hydrogen-bond acceptors (Lipinski definition) is 4. The van der Waals surface area contributed by atoms with Gasteiger partial charge in [0.15, 0.2) is 11.5 Å². The molecule has 1 aromatic rings.